The molecular formula is C18H20O3. The van der Waals surface area contributed by atoms with E-state index in [1.165, 1.54) is 12.7 Å². The molecule has 3 rings (SSSR count). The predicted octanol–water partition coefficient (Wildman–Crippen LogP) is 2.88. The number of carbonyl (C=O) groups is 1. The van der Waals surface area contributed by atoms with Gasteiger partial charge in [-0.15, -0.1) is 5.92 Å². The second-order valence-electron chi connectivity index (χ2n) is 5.76. The highest BCUT2D eigenvalue weighted by atomic mass is 16.5. The lowest BCUT2D eigenvalue weighted by molar-refractivity contribution is -0.156. The van der Waals surface area contributed by atoms with Crippen molar-refractivity contribution in [3.8, 4) is 11.8 Å². The number of benzene rings is 1. The molecule has 2 heterocycles. The summed E-state index contributed by atoms with van der Waals surface area (Å²) < 4.78 is 10.9. The number of rotatable bonds is 2. The number of methoxy groups -OCH3 is 1. The molecule has 2 bridgehead atoms. The maximum atomic E-state index is 12.2. The highest BCUT2D eigenvalue weighted by Crippen LogP contribution is 2.45. The zero-order valence-electron chi connectivity index (χ0n) is 12.5. The molecule has 4 atom stereocenters. The molecule has 1 unspecified atom stereocenters. The normalized spacial score (nSPS) is 30.4. The van der Waals surface area contributed by atoms with Crippen molar-refractivity contribution < 1.29 is 14.3 Å². The van der Waals surface area contributed by atoms with Crippen molar-refractivity contribution in [3.63, 3.8) is 0 Å². The van der Waals surface area contributed by atoms with E-state index in [2.05, 4.69) is 24.0 Å². The van der Waals surface area contributed by atoms with E-state index in [1.54, 1.807) is 0 Å². The van der Waals surface area contributed by atoms with Crippen molar-refractivity contribution in [1.82, 2.24) is 0 Å². The Morgan fingerprint density at radius 1 is 1.29 bits per heavy atom. The van der Waals surface area contributed by atoms with Crippen LogP contribution in [0.15, 0.2) is 24.3 Å². The van der Waals surface area contributed by atoms with Crippen LogP contribution in [0.4, 0.5) is 0 Å². The van der Waals surface area contributed by atoms with Crippen LogP contribution in [0.3, 0.4) is 0 Å². The summed E-state index contributed by atoms with van der Waals surface area (Å²) >= 11 is 0. The molecule has 0 saturated carbocycles. The van der Waals surface area contributed by atoms with Gasteiger partial charge in [0.2, 0.25) is 0 Å². The van der Waals surface area contributed by atoms with Crippen molar-refractivity contribution in [2.24, 2.45) is 5.92 Å². The summed E-state index contributed by atoms with van der Waals surface area (Å²) in [5.41, 5.74) is 2.19. The van der Waals surface area contributed by atoms with Gasteiger partial charge in [-0.3, -0.25) is 4.79 Å². The van der Waals surface area contributed by atoms with Gasteiger partial charge in [0.05, 0.1) is 25.2 Å². The van der Waals surface area contributed by atoms with E-state index in [4.69, 9.17) is 9.47 Å². The van der Waals surface area contributed by atoms with Crippen LogP contribution in [0.5, 0.6) is 0 Å². The first kappa shape index (κ1) is 14.2. The molecule has 0 aromatic heterocycles. The smallest absolute Gasteiger partial charge is 0.311 e. The Labute approximate surface area is 125 Å². The van der Waals surface area contributed by atoms with Gasteiger partial charge in [-0.05, 0) is 43.9 Å². The molecule has 0 spiro atoms. The summed E-state index contributed by atoms with van der Waals surface area (Å²) in [6.45, 7) is 1.83. The lowest BCUT2D eigenvalue weighted by atomic mass is 9.79. The average molecular weight is 284 g/mol. The molecule has 0 amide bonds. The zero-order valence-corrected chi connectivity index (χ0v) is 12.5. The number of esters is 1. The Bertz CT molecular complexity index is 579. The SMILES string of the molecule is CC#Cc1ccc([C@H]2CC3CC[C@H](O3)[C@H]2C(=O)OC)cc1. The van der Waals surface area contributed by atoms with Crippen LogP contribution < -0.4 is 0 Å². The van der Waals surface area contributed by atoms with Crippen molar-refractivity contribution >= 4 is 5.97 Å². The lowest BCUT2D eigenvalue weighted by Crippen LogP contribution is -2.39. The van der Waals surface area contributed by atoms with E-state index in [1.807, 2.05) is 19.1 Å². The highest BCUT2D eigenvalue weighted by molar-refractivity contribution is 5.74. The quantitative estimate of drug-likeness (QED) is 0.619. The summed E-state index contributed by atoms with van der Waals surface area (Å²) in [7, 11) is 1.46. The van der Waals surface area contributed by atoms with Gasteiger partial charge in [0.25, 0.3) is 0 Å². The van der Waals surface area contributed by atoms with Crippen molar-refractivity contribution in [2.75, 3.05) is 7.11 Å². The van der Waals surface area contributed by atoms with E-state index >= 15 is 0 Å². The molecule has 2 fully saturated rings. The number of hydrogen-bond acceptors (Lipinski definition) is 3. The molecule has 3 heteroatoms. The fourth-order valence-electron chi connectivity index (χ4n) is 3.61. The third-order valence-corrected chi connectivity index (χ3v) is 4.57. The minimum absolute atomic E-state index is 0.0105. The van der Waals surface area contributed by atoms with Crippen LogP contribution in [0.1, 0.15) is 43.2 Å². The van der Waals surface area contributed by atoms with Crippen molar-refractivity contribution in [2.45, 2.75) is 44.3 Å². The standard InChI is InChI=1S/C18H20O3/c1-3-4-12-5-7-13(8-6-12)15-11-14-9-10-16(21-14)17(15)18(19)20-2/h5-8,14-17H,9-11H2,1-2H3/t14?,15-,16+,17+/m1/s1. The minimum atomic E-state index is -0.183. The van der Waals surface area contributed by atoms with Gasteiger partial charge in [-0.2, -0.15) is 0 Å². The second kappa shape index (κ2) is 5.91. The number of fused-ring (bicyclic) bond motifs is 2. The highest BCUT2D eigenvalue weighted by Gasteiger charge is 2.47. The molecule has 0 aliphatic carbocycles. The van der Waals surface area contributed by atoms with Gasteiger partial charge in [0.15, 0.2) is 0 Å². The third-order valence-electron chi connectivity index (χ3n) is 4.57. The Hall–Kier alpha value is -1.79. The van der Waals surface area contributed by atoms with Crippen molar-refractivity contribution in [1.29, 1.82) is 0 Å². The Morgan fingerprint density at radius 2 is 2.05 bits per heavy atom. The Morgan fingerprint density at radius 3 is 2.71 bits per heavy atom. The van der Waals surface area contributed by atoms with Crippen LogP contribution in [0.2, 0.25) is 0 Å². The average Bonchev–Trinajstić information content (AvgIpc) is 2.89. The molecule has 1 aromatic carbocycles. The third kappa shape index (κ3) is 2.69. The summed E-state index contributed by atoms with van der Waals surface area (Å²) in [6, 6.07) is 8.23. The molecule has 110 valence electrons. The molecule has 2 aliphatic heterocycles. The van der Waals surface area contributed by atoms with Crippen LogP contribution in [0, 0.1) is 17.8 Å². The monoisotopic (exact) mass is 284 g/mol. The van der Waals surface area contributed by atoms with E-state index in [-0.39, 0.29) is 30.0 Å². The molecule has 21 heavy (non-hydrogen) atoms. The maximum absolute atomic E-state index is 12.2. The van der Waals surface area contributed by atoms with Gasteiger partial charge in [0.1, 0.15) is 0 Å². The summed E-state index contributed by atoms with van der Waals surface area (Å²) in [5, 5.41) is 0. The fraction of sp³-hybridized carbons (Fsp3) is 0.500. The molecular weight excluding hydrogens is 264 g/mol. The molecule has 0 N–H and O–H groups in total. The number of ether oxygens (including phenoxy) is 2. The maximum Gasteiger partial charge on any atom is 0.311 e. The molecule has 3 nitrogen and oxygen atoms in total. The first-order valence-corrected chi connectivity index (χ1v) is 7.49. The molecule has 1 aromatic rings. The van der Waals surface area contributed by atoms with E-state index < -0.39 is 0 Å². The second-order valence-corrected chi connectivity index (χ2v) is 5.76. The van der Waals surface area contributed by atoms with E-state index in [0.717, 1.165) is 24.8 Å². The van der Waals surface area contributed by atoms with Gasteiger partial charge in [-0.1, -0.05) is 18.1 Å². The molecule has 2 aliphatic rings. The van der Waals surface area contributed by atoms with E-state index in [0.29, 0.717) is 0 Å². The van der Waals surface area contributed by atoms with Gasteiger partial charge < -0.3 is 9.47 Å². The summed E-state index contributed by atoms with van der Waals surface area (Å²) in [4.78, 5) is 12.2. The Kier molecular flexibility index (Phi) is 3.98. The van der Waals surface area contributed by atoms with Gasteiger partial charge >= 0.3 is 5.97 Å². The largest absolute Gasteiger partial charge is 0.469 e. The first-order chi connectivity index (χ1) is 10.2. The summed E-state index contributed by atoms with van der Waals surface area (Å²) in [5.74, 6) is 5.80. The number of hydrogen-bond donors (Lipinski definition) is 0. The molecule has 2 saturated heterocycles. The summed E-state index contributed by atoms with van der Waals surface area (Å²) in [6.07, 6.45) is 3.20. The topological polar surface area (TPSA) is 35.5 Å². The van der Waals surface area contributed by atoms with Crippen LogP contribution in [-0.4, -0.2) is 25.3 Å². The van der Waals surface area contributed by atoms with E-state index in [9.17, 15) is 4.79 Å². The minimum Gasteiger partial charge on any atom is -0.469 e. The predicted molar refractivity (Wildman–Crippen MR) is 79.8 cm³/mol. The van der Waals surface area contributed by atoms with Crippen LogP contribution in [-0.2, 0) is 14.3 Å². The van der Waals surface area contributed by atoms with Crippen LogP contribution in [0.25, 0.3) is 0 Å². The van der Waals surface area contributed by atoms with Crippen molar-refractivity contribution in [3.05, 3.63) is 35.4 Å². The Balaban J connectivity index is 1.90. The number of carbonyl (C=O) groups excluding carboxylic acids is 1. The fourth-order valence-corrected chi connectivity index (χ4v) is 3.61. The molecule has 0 radical (unpaired) electrons. The zero-order chi connectivity index (χ0) is 14.8. The first-order valence-electron chi connectivity index (χ1n) is 7.49. The van der Waals surface area contributed by atoms with Gasteiger partial charge in [-0.25, -0.2) is 0 Å². The van der Waals surface area contributed by atoms with Gasteiger partial charge in [0, 0.05) is 11.5 Å². The van der Waals surface area contributed by atoms with Crippen LogP contribution >= 0.6 is 0 Å². The lowest BCUT2D eigenvalue weighted by Gasteiger charge is -2.35.